The van der Waals surface area contributed by atoms with E-state index in [0.29, 0.717) is 51.4 Å². The van der Waals surface area contributed by atoms with Crippen molar-refractivity contribution in [2.75, 3.05) is 0 Å². The van der Waals surface area contributed by atoms with E-state index < -0.39 is 58.9 Å². The van der Waals surface area contributed by atoms with Crippen LogP contribution in [0.3, 0.4) is 0 Å². The molecule has 5 aliphatic heterocycles. The number of ether oxygens (including phenoxy) is 6. The lowest BCUT2D eigenvalue weighted by atomic mass is 9.73. The molecule has 55 heavy (non-hydrogen) atoms. The number of carbonyl (C=O) groups is 3. The van der Waals surface area contributed by atoms with Crippen molar-refractivity contribution >= 4 is 38.1 Å². The van der Waals surface area contributed by atoms with Crippen molar-refractivity contribution in [3.8, 4) is 0 Å². The highest BCUT2D eigenvalue weighted by Gasteiger charge is 2.64. The van der Waals surface area contributed by atoms with Crippen LogP contribution in [-0.2, 0) is 42.8 Å². The monoisotopic (exact) mass is 888 g/mol. The van der Waals surface area contributed by atoms with E-state index in [-0.39, 0.29) is 57.7 Å². The number of aliphatic hydroxyl groups excluding tert-OH is 1. The first-order valence-corrected chi connectivity index (χ1v) is 22.3. The van der Waals surface area contributed by atoms with E-state index in [0.717, 1.165) is 19.3 Å². The molecule has 11 nitrogen and oxygen atoms in total. The second-order valence-corrected chi connectivity index (χ2v) is 19.0. The predicted molar refractivity (Wildman–Crippen MR) is 215 cm³/mol. The molecule has 0 radical (unpaired) electrons. The van der Waals surface area contributed by atoms with E-state index >= 15 is 0 Å². The molecule has 2 spiro atoms. The standard InChI is InChI=1S/C43H69IO11/c1-11-30(39(44)48)33-16-14-15-32(52-33)26(6)36(46)27(7)37(47)31(12-2)38-24(4)23-25(5)42(53-38)20-18-35(51-29(9)45)43(55-42)22-21-40(10,54-43)34-17-19-41(49,13-3)28(8)50-34/h18,20,24-28,30-36,38,46,49H,11-17,19,21-23H2,1-10H3/t24-,25+,26+,27-,28-,30+,31?,32+,33+,34+,35+,36-,38-,40-,41+,42-,43-/m0/s1. The van der Waals surface area contributed by atoms with Gasteiger partial charge in [-0.1, -0.05) is 48.5 Å². The normalized spacial score (nSPS) is 43.4. The van der Waals surface area contributed by atoms with Crippen molar-refractivity contribution in [2.45, 2.75) is 205 Å². The molecule has 5 rings (SSSR count). The minimum atomic E-state index is -1.36. The Morgan fingerprint density at radius 3 is 2.22 bits per heavy atom. The molecule has 0 aliphatic carbocycles. The maximum atomic E-state index is 14.5. The number of aliphatic hydroxyl groups is 2. The number of halogens is 1. The zero-order valence-electron chi connectivity index (χ0n) is 34.9. The number of hydrogen-bond donors (Lipinski definition) is 2. The summed E-state index contributed by atoms with van der Waals surface area (Å²) in [5, 5.41) is 22.8. The maximum absolute atomic E-state index is 14.5. The molecule has 12 heteroatoms. The first-order valence-electron chi connectivity index (χ1n) is 21.2. The summed E-state index contributed by atoms with van der Waals surface area (Å²) >= 11 is 1.86. The molecule has 0 aromatic heterocycles. The van der Waals surface area contributed by atoms with Crippen molar-refractivity contribution < 1.29 is 53.0 Å². The van der Waals surface area contributed by atoms with Crippen LogP contribution in [0.5, 0.6) is 0 Å². The van der Waals surface area contributed by atoms with Crippen LogP contribution in [0.15, 0.2) is 12.2 Å². The van der Waals surface area contributed by atoms with Crippen LogP contribution in [0.4, 0.5) is 0 Å². The van der Waals surface area contributed by atoms with Gasteiger partial charge < -0.3 is 38.6 Å². The lowest BCUT2D eigenvalue weighted by Crippen LogP contribution is -2.63. The van der Waals surface area contributed by atoms with Gasteiger partial charge in [0, 0.05) is 37.0 Å². The Labute approximate surface area is 342 Å². The number of ketones is 1. The summed E-state index contributed by atoms with van der Waals surface area (Å²) < 4.78 is 40.0. The van der Waals surface area contributed by atoms with Gasteiger partial charge in [-0.3, -0.25) is 14.4 Å². The summed E-state index contributed by atoms with van der Waals surface area (Å²) in [6.45, 7) is 19.2. The third-order valence-electron chi connectivity index (χ3n) is 14.3. The minimum absolute atomic E-state index is 0.0128. The van der Waals surface area contributed by atoms with Crippen molar-refractivity contribution in [2.24, 2.45) is 35.5 Å². The summed E-state index contributed by atoms with van der Waals surface area (Å²) in [4.78, 5) is 39.2. The molecule has 0 aromatic carbocycles. The fourth-order valence-electron chi connectivity index (χ4n) is 10.4. The molecule has 5 heterocycles. The highest BCUT2D eigenvalue weighted by atomic mass is 127. The van der Waals surface area contributed by atoms with Gasteiger partial charge in [0.05, 0.1) is 53.7 Å². The van der Waals surface area contributed by atoms with E-state index in [2.05, 4.69) is 13.8 Å². The molecule has 17 atom stereocenters. The average molecular weight is 889 g/mol. The maximum Gasteiger partial charge on any atom is 0.303 e. The Morgan fingerprint density at radius 2 is 1.62 bits per heavy atom. The van der Waals surface area contributed by atoms with Gasteiger partial charge in [0.15, 0.2) is 15.7 Å². The Hall–Kier alpha value is -1.00. The summed E-state index contributed by atoms with van der Waals surface area (Å²) in [5.74, 6) is -4.92. The Kier molecular flexibility index (Phi) is 14.5. The van der Waals surface area contributed by atoms with Crippen LogP contribution in [0.25, 0.3) is 0 Å². The molecule has 2 N–H and O–H groups in total. The number of hydrogen-bond acceptors (Lipinski definition) is 11. The first-order chi connectivity index (χ1) is 25.8. The quantitative estimate of drug-likeness (QED) is 0.0827. The van der Waals surface area contributed by atoms with Crippen molar-refractivity contribution in [3.05, 3.63) is 12.2 Å². The van der Waals surface area contributed by atoms with Crippen LogP contribution in [-0.4, -0.2) is 91.3 Å². The average Bonchev–Trinajstić information content (AvgIpc) is 3.49. The number of Topliss-reactive ketones (excluding diaryl/α,β-unsaturated/α-hetero) is 1. The van der Waals surface area contributed by atoms with Crippen LogP contribution < -0.4 is 0 Å². The molecule has 5 aliphatic rings. The number of esters is 1. The number of carbonyl (C=O) groups excluding carboxylic acids is 3. The number of rotatable bonds is 13. The second-order valence-electron chi connectivity index (χ2n) is 17.9. The topological polar surface area (TPSA) is 147 Å². The van der Waals surface area contributed by atoms with E-state index in [4.69, 9.17) is 28.4 Å². The smallest absolute Gasteiger partial charge is 0.303 e. The first kappa shape index (κ1) is 45.1. The minimum Gasteiger partial charge on any atom is -0.453 e. The van der Waals surface area contributed by atoms with Gasteiger partial charge in [0.2, 0.25) is 5.79 Å². The van der Waals surface area contributed by atoms with Crippen LogP contribution in [0.2, 0.25) is 0 Å². The fraction of sp³-hybridized carbons (Fsp3) is 0.884. The van der Waals surface area contributed by atoms with E-state index in [1.807, 2.05) is 76.3 Å². The van der Waals surface area contributed by atoms with Gasteiger partial charge in [-0.15, -0.1) is 0 Å². The van der Waals surface area contributed by atoms with Gasteiger partial charge >= 0.3 is 5.97 Å². The molecule has 0 saturated carbocycles. The van der Waals surface area contributed by atoms with E-state index in [1.165, 1.54) is 6.92 Å². The summed E-state index contributed by atoms with van der Waals surface area (Å²) in [6, 6.07) is 0. The molecule has 4 saturated heterocycles. The molecule has 314 valence electrons. The highest BCUT2D eigenvalue weighted by Crippen LogP contribution is 2.54. The van der Waals surface area contributed by atoms with E-state index in [9.17, 15) is 24.6 Å². The van der Waals surface area contributed by atoms with Crippen molar-refractivity contribution in [1.29, 1.82) is 0 Å². The second kappa shape index (κ2) is 17.7. The third-order valence-corrected chi connectivity index (χ3v) is 15.1. The molecule has 4 fully saturated rings. The lowest BCUT2D eigenvalue weighted by Gasteiger charge is -2.54. The molecule has 0 bridgehead atoms. The van der Waals surface area contributed by atoms with Crippen molar-refractivity contribution in [3.63, 3.8) is 0 Å². The Bertz CT molecular complexity index is 1410. The largest absolute Gasteiger partial charge is 0.453 e. The molecule has 1 unspecified atom stereocenters. The third kappa shape index (κ3) is 8.97. The fourth-order valence-corrected chi connectivity index (χ4v) is 11.3. The van der Waals surface area contributed by atoms with Gasteiger partial charge in [-0.25, -0.2) is 0 Å². The summed E-state index contributed by atoms with van der Waals surface area (Å²) in [5.41, 5.74) is -1.68. The zero-order valence-corrected chi connectivity index (χ0v) is 37.0. The van der Waals surface area contributed by atoms with Crippen LogP contribution in [0, 0.1) is 35.5 Å². The molecular formula is C43H69IO11. The predicted octanol–water partition coefficient (Wildman–Crippen LogP) is 7.39. The highest BCUT2D eigenvalue weighted by molar-refractivity contribution is 14.1. The van der Waals surface area contributed by atoms with Gasteiger partial charge in [0.25, 0.3) is 0 Å². The van der Waals surface area contributed by atoms with Gasteiger partial charge in [-0.2, -0.15) is 0 Å². The van der Waals surface area contributed by atoms with Gasteiger partial charge in [0.1, 0.15) is 5.78 Å². The summed E-state index contributed by atoms with van der Waals surface area (Å²) in [6.07, 6.45) is 7.50. The molecular weight excluding hydrogens is 819 g/mol. The SMILES string of the molecule is CCC(C(=O)[C@@H](C)[C@@H](O)[C@H](C)[C@H]1CCC[C@H]([C@@H](CC)C(=O)I)O1)[C@H]1O[C@]2(C=C[C@@H](OC(C)=O)[C@]3(CC[C@@](C)([C@H]4CC[C@](O)(CC)[C@H](C)O4)O3)O2)[C@H](C)C[C@@H]1C. The summed E-state index contributed by atoms with van der Waals surface area (Å²) in [7, 11) is 0. The van der Waals surface area contributed by atoms with Gasteiger partial charge in [-0.05, 0) is 119 Å². The van der Waals surface area contributed by atoms with Crippen LogP contribution in [0.1, 0.15) is 140 Å². The zero-order chi connectivity index (χ0) is 40.7. The molecule has 0 aromatic rings. The Morgan fingerprint density at radius 1 is 0.945 bits per heavy atom. The van der Waals surface area contributed by atoms with Crippen LogP contribution >= 0.6 is 22.6 Å². The lowest BCUT2D eigenvalue weighted by molar-refractivity contribution is -0.409. The van der Waals surface area contributed by atoms with E-state index in [1.54, 1.807) is 6.92 Å². The Balaban J connectivity index is 1.35. The molecule has 0 amide bonds. The van der Waals surface area contributed by atoms with Crippen molar-refractivity contribution in [1.82, 2.24) is 0 Å².